The predicted molar refractivity (Wildman–Crippen MR) is 89.9 cm³/mol. The van der Waals surface area contributed by atoms with Crippen LogP contribution in [-0.4, -0.2) is 39.9 Å². The summed E-state index contributed by atoms with van der Waals surface area (Å²) < 4.78 is 0. The summed E-state index contributed by atoms with van der Waals surface area (Å²) in [6.07, 6.45) is 4.72. The van der Waals surface area contributed by atoms with Gasteiger partial charge in [-0.15, -0.1) is 23.1 Å². The van der Waals surface area contributed by atoms with Crippen molar-refractivity contribution in [3.05, 3.63) is 11.1 Å². The van der Waals surface area contributed by atoms with Crippen molar-refractivity contribution in [2.75, 3.05) is 24.2 Å². The van der Waals surface area contributed by atoms with Crippen LogP contribution in [0.2, 0.25) is 0 Å². The number of piperidine rings is 1. The number of nitrogens with one attached hydrogen (secondary N) is 1. The lowest BCUT2D eigenvalue weighted by atomic mass is 9.99. The van der Waals surface area contributed by atoms with Crippen LogP contribution in [0, 0.1) is 5.92 Å². The number of rotatable bonds is 4. The average molecular weight is 326 g/mol. The summed E-state index contributed by atoms with van der Waals surface area (Å²) in [5.41, 5.74) is 1.09. The van der Waals surface area contributed by atoms with E-state index < -0.39 is 0 Å². The predicted octanol–water partition coefficient (Wildman–Crippen LogP) is 3.21. The number of carbonyl (C=O) groups excluding carboxylic acids is 1. The van der Waals surface area contributed by atoms with Gasteiger partial charge in [-0.3, -0.25) is 9.69 Å². The summed E-state index contributed by atoms with van der Waals surface area (Å²) in [7, 11) is 0. The van der Waals surface area contributed by atoms with Crippen molar-refractivity contribution < 1.29 is 4.79 Å². The van der Waals surface area contributed by atoms with E-state index in [4.69, 9.17) is 0 Å². The van der Waals surface area contributed by atoms with Crippen LogP contribution in [0.4, 0.5) is 5.13 Å². The molecule has 0 saturated carbocycles. The standard InChI is InChI=1S/C15H23N3OS2/c1-11-4-6-18(7-5-11)9-12-10-21-15(16-12)17-14(19)13-3-2-8-20-13/h10-11,13H,2-9H2,1H3,(H,16,17,19)/t13-/m1/s1. The Morgan fingerprint density at radius 3 is 2.95 bits per heavy atom. The molecule has 0 spiro atoms. The number of likely N-dealkylation sites (tertiary alicyclic amines) is 1. The Balaban J connectivity index is 1.50. The number of thiazole rings is 1. The number of thioether (sulfide) groups is 1. The van der Waals surface area contributed by atoms with E-state index >= 15 is 0 Å². The molecule has 0 bridgehead atoms. The van der Waals surface area contributed by atoms with Gasteiger partial charge in [-0.2, -0.15) is 0 Å². The minimum atomic E-state index is 0.126. The number of carbonyl (C=O) groups is 1. The highest BCUT2D eigenvalue weighted by atomic mass is 32.2. The Bertz CT molecular complexity index is 477. The zero-order chi connectivity index (χ0) is 14.7. The first-order valence-electron chi connectivity index (χ1n) is 7.80. The highest BCUT2D eigenvalue weighted by molar-refractivity contribution is 8.00. The summed E-state index contributed by atoms with van der Waals surface area (Å²) in [6, 6.07) is 0. The molecule has 2 fully saturated rings. The average Bonchev–Trinajstić information content (AvgIpc) is 3.13. The normalized spacial score (nSPS) is 24.3. The van der Waals surface area contributed by atoms with E-state index in [1.165, 1.54) is 25.9 Å². The number of amides is 1. The number of aromatic nitrogens is 1. The van der Waals surface area contributed by atoms with E-state index in [0.717, 1.165) is 41.9 Å². The summed E-state index contributed by atoms with van der Waals surface area (Å²) >= 11 is 3.31. The molecule has 0 aliphatic carbocycles. The lowest BCUT2D eigenvalue weighted by Crippen LogP contribution is -2.32. The molecule has 4 nitrogen and oxygen atoms in total. The van der Waals surface area contributed by atoms with Gasteiger partial charge >= 0.3 is 0 Å². The Kier molecular flexibility index (Phi) is 5.19. The first-order valence-corrected chi connectivity index (χ1v) is 9.73. The highest BCUT2D eigenvalue weighted by Crippen LogP contribution is 2.28. The molecule has 3 heterocycles. The van der Waals surface area contributed by atoms with E-state index in [9.17, 15) is 4.79 Å². The van der Waals surface area contributed by atoms with E-state index in [2.05, 4.69) is 27.5 Å². The van der Waals surface area contributed by atoms with Crippen molar-refractivity contribution in [1.82, 2.24) is 9.88 Å². The van der Waals surface area contributed by atoms with E-state index in [-0.39, 0.29) is 11.2 Å². The van der Waals surface area contributed by atoms with Gasteiger partial charge in [-0.05, 0) is 50.4 Å². The van der Waals surface area contributed by atoms with Gasteiger partial charge < -0.3 is 5.32 Å². The first kappa shape index (κ1) is 15.3. The van der Waals surface area contributed by atoms with Crippen LogP contribution in [0.3, 0.4) is 0 Å². The van der Waals surface area contributed by atoms with Crippen LogP contribution < -0.4 is 5.32 Å². The second-order valence-electron chi connectivity index (χ2n) is 6.09. The highest BCUT2D eigenvalue weighted by Gasteiger charge is 2.24. The van der Waals surface area contributed by atoms with Crippen molar-refractivity contribution in [1.29, 1.82) is 0 Å². The lowest BCUT2D eigenvalue weighted by Gasteiger charge is -2.29. The molecule has 1 N–H and O–H groups in total. The van der Waals surface area contributed by atoms with Crippen LogP contribution in [0.25, 0.3) is 0 Å². The zero-order valence-electron chi connectivity index (χ0n) is 12.5. The Labute approximate surface area is 134 Å². The Morgan fingerprint density at radius 1 is 1.43 bits per heavy atom. The van der Waals surface area contributed by atoms with E-state index in [1.54, 1.807) is 23.1 Å². The molecular weight excluding hydrogens is 302 g/mol. The molecule has 6 heteroatoms. The third-order valence-electron chi connectivity index (χ3n) is 4.27. The number of anilines is 1. The monoisotopic (exact) mass is 325 g/mol. The quantitative estimate of drug-likeness (QED) is 0.923. The van der Waals surface area contributed by atoms with Crippen LogP contribution >= 0.6 is 23.1 Å². The van der Waals surface area contributed by atoms with Gasteiger partial charge in [-0.1, -0.05) is 6.92 Å². The van der Waals surface area contributed by atoms with Gasteiger partial charge in [0.2, 0.25) is 5.91 Å². The molecule has 1 atom stereocenters. The summed E-state index contributed by atoms with van der Waals surface area (Å²) in [6.45, 7) is 5.57. The smallest absolute Gasteiger partial charge is 0.239 e. The third-order valence-corrected chi connectivity index (χ3v) is 6.45. The molecule has 2 aliphatic rings. The lowest BCUT2D eigenvalue weighted by molar-refractivity contribution is -0.115. The SMILES string of the molecule is CC1CCN(Cc2csc(NC(=O)[C@H]3CCCS3)n2)CC1. The van der Waals surface area contributed by atoms with Gasteiger partial charge in [0.05, 0.1) is 10.9 Å². The second-order valence-corrected chi connectivity index (χ2v) is 8.26. The molecule has 2 saturated heterocycles. The van der Waals surface area contributed by atoms with Gasteiger partial charge in [0, 0.05) is 11.9 Å². The van der Waals surface area contributed by atoms with Gasteiger partial charge in [0.1, 0.15) is 0 Å². The fourth-order valence-corrected chi connectivity index (χ4v) is 4.72. The second kappa shape index (κ2) is 7.11. The molecule has 21 heavy (non-hydrogen) atoms. The molecule has 0 aromatic carbocycles. The molecule has 0 unspecified atom stereocenters. The van der Waals surface area contributed by atoms with Crippen LogP contribution in [0.5, 0.6) is 0 Å². The molecule has 0 radical (unpaired) electrons. The number of hydrogen-bond donors (Lipinski definition) is 1. The topological polar surface area (TPSA) is 45.2 Å². The van der Waals surface area contributed by atoms with Gasteiger partial charge in [-0.25, -0.2) is 4.98 Å². The molecule has 3 rings (SSSR count). The van der Waals surface area contributed by atoms with Gasteiger partial charge in [0.25, 0.3) is 0 Å². The third kappa shape index (κ3) is 4.20. The maximum Gasteiger partial charge on any atom is 0.239 e. The van der Waals surface area contributed by atoms with E-state index in [1.807, 2.05) is 0 Å². The van der Waals surface area contributed by atoms with Crippen molar-refractivity contribution in [2.45, 2.75) is 44.4 Å². The zero-order valence-corrected chi connectivity index (χ0v) is 14.1. The summed E-state index contributed by atoms with van der Waals surface area (Å²) in [5, 5.41) is 5.94. The van der Waals surface area contributed by atoms with Crippen molar-refractivity contribution in [3.63, 3.8) is 0 Å². The maximum atomic E-state index is 12.1. The molecule has 116 valence electrons. The molecular formula is C15H23N3OS2. The Morgan fingerprint density at radius 2 is 2.24 bits per heavy atom. The minimum absolute atomic E-state index is 0.126. The van der Waals surface area contributed by atoms with Crippen LogP contribution in [0.15, 0.2) is 5.38 Å². The Hall–Kier alpha value is -0.590. The maximum absolute atomic E-state index is 12.1. The van der Waals surface area contributed by atoms with Crippen molar-refractivity contribution in [2.24, 2.45) is 5.92 Å². The number of nitrogens with zero attached hydrogens (tertiary/aromatic N) is 2. The fourth-order valence-electron chi connectivity index (χ4n) is 2.86. The van der Waals surface area contributed by atoms with Crippen LogP contribution in [0.1, 0.15) is 38.3 Å². The minimum Gasteiger partial charge on any atom is -0.301 e. The molecule has 1 aromatic heterocycles. The first-order chi connectivity index (χ1) is 10.2. The summed E-state index contributed by atoms with van der Waals surface area (Å²) in [5.74, 6) is 2.09. The summed E-state index contributed by atoms with van der Waals surface area (Å²) in [4.78, 5) is 19.1. The van der Waals surface area contributed by atoms with Crippen LogP contribution in [-0.2, 0) is 11.3 Å². The van der Waals surface area contributed by atoms with Crippen molar-refractivity contribution in [3.8, 4) is 0 Å². The van der Waals surface area contributed by atoms with E-state index in [0.29, 0.717) is 0 Å². The fraction of sp³-hybridized carbons (Fsp3) is 0.733. The molecule has 2 aliphatic heterocycles. The van der Waals surface area contributed by atoms with Gasteiger partial charge in [0.15, 0.2) is 5.13 Å². The molecule has 1 amide bonds. The van der Waals surface area contributed by atoms with Crippen molar-refractivity contribution >= 4 is 34.1 Å². The number of hydrogen-bond acceptors (Lipinski definition) is 5. The largest absolute Gasteiger partial charge is 0.301 e. The molecule has 1 aromatic rings.